The van der Waals surface area contributed by atoms with Gasteiger partial charge in [0.25, 0.3) is 0 Å². The topological polar surface area (TPSA) is 75.3 Å². The van der Waals surface area contributed by atoms with Crippen LogP contribution in [0, 0.1) is 0 Å². The minimum absolute atomic E-state index is 0.124. The Labute approximate surface area is 188 Å². The highest BCUT2D eigenvalue weighted by Crippen LogP contribution is 2.22. The van der Waals surface area contributed by atoms with E-state index < -0.39 is 28.0 Å². The van der Waals surface area contributed by atoms with Crippen molar-refractivity contribution in [3.8, 4) is 0 Å². The SMILES string of the molecule is C[C@H](NS(=O)(=O)c1ccc2ccccc2c1)C(=O)NC(c1ccccc1)c1ccccc1. The Kier molecular flexibility index (Phi) is 6.35. The molecule has 4 aromatic rings. The Bertz CT molecular complexity index is 1280. The van der Waals surface area contributed by atoms with Crippen LogP contribution in [0.5, 0.6) is 0 Å². The van der Waals surface area contributed by atoms with Crippen molar-refractivity contribution in [1.29, 1.82) is 0 Å². The van der Waals surface area contributed by atoms with Crippen molar-refractivity contribution >= 4 is 26.7 Å². The second kappa shape index (κ2) is 9.34. The molecule has 162 valence electrons. The molecule has 0 heterocycles. The van der Waals surface area contributed by atoms with E-state index in [0.29, 0.717) is 0 Å². The average Bonchev–Trinajstić information content (AvgIpc) is 2.83. The standard InChI is InChI=1S/C26H24N2O3S/c1-19(28-32(30,31)24-17-16-20-10-8-9-15-23(20)18-24)26(29)27-25(21-11-4-2-5-12-21)22-13-6-3-7-14-22/h2-19,25,28H,1H3,(H,27,29)/t19-/m0/s1. The average molecular weight is 445 g/mol. The van der Waals surface area contributed by atoms with Crippen LogP contribution in [-0.2, 0) is 14.8 Å². The van der Waals surface area contributed by atoms with Crippen LogP contribution in [0.4, 0.5) is 0 Å². The first-order valence-electron chi connectivity index (χ1n) is 10.4. The van der Waals surface area contributed by atoms with Gasteiger partial charge in [-0.15, -0.1) is 0 Å². The van der Waals surface area contributed by atoms with Gasteiger partial charge in [-0.25, -0.2) is 8.42 Å². The molecule has 0 aliphatic heterocycles. The number of hydrogen-bond acceptors (Lipinski definition) is 3. The number of carbonyl (C=O) groups is 1. The van der Waals surface area contributed by atoms with E-state index in [1.165, 1.54) is 0 Å². The van der Waals surface area contributed by atoms with Gasteiger partial charge in [-0.2, -0.15) is 4.72 Å². The van der Waals surface area contributed by atoms with Crippen LogP contribution in [0.25, 0.3) is 10.8 Å². The molecule has 1 atom stereocenters. The lowest BCUT2D eigenvalue weighted by Gasteiger charge is -2.22. The lowest BCUT2D eigenvalue weighted by molar-refractivity contribution is -0.122. The number of carbonyl (C=O) groups excluding carboxylic acids is 1. The molecule has 2 N–H and O–H groups in total. The van der Waals surface area contributed by atoms with Gasteiger partial charge in [0.2, 0.25) is 15.9 Å². The van der Waals surface area contributed by atoms with Gasteiger partial charge in [0.15, 0.2) is 0 Å². The molecule has 0 aliphatic carbocycles. The highest BCUT2D eigenvalue weighted by Gasteiger charge is 2.25. The smallest absolute Gasteiger partial charge is 0.241 e. The summed E-state index contributed by atoms with van der Waals surface area (Å²) in [7, 11) is -3.87. The van der Waals surface area contributed by atoms with Crippen molar-refractivity contribution in [2.24, 2.45) is 0 Å². The summed E-state index contributed by atoms with van der Waals surface area (Å²) in [5.74, 6) is -0.410. The number of rotatable bonds is 7. The van der Waals surface area contributed by atoms with Crippen LogP contribution < -0.4 is 10.0 Å². The van der Waals surface area contributed by atoms with E-state index in [1.807, 2.05) is 84.9 Å². The lowest BCUT2D eigenvalue weighted by atomic mass is 9.98. The third-order valence-electron chi connectivity index (χ3n) is 5.31. The lowest BCUT2D eigenvalue weighted by Crippen LogP contribution is -2.46. The van der Waals surface area contributed by atoms with Crippen molar-refractivity contribution < 1.29 is 13.2 Å². The van der Waals surface area contributed by atoms with Crippen LogP contribution in [-0.4, -0.2) is 20.4 Å². The van der Waals surface area contributed by atoms with E-state index >= 15 is 0 Å². The monoisotopic (exact) mass is 444 g/mol. The Balaban J connectivity index is 1.54. The van der Waals surface area contributed by atoms with Gasteiger partial charge in [-0.3, -0.25) is 4.79 Å². The van der Waals surface area contributed by atoms with Crippen molar-refractivity contribution in [2.45, 2.75) is 23.9 Å². The highest BCUT2D eigenvalue weighted by atomic mass is 32.2. The van der Waals surface area contributed by atoms with E-state index in [1.54, 1.807) is 25.1 Å². The number of nitrogens with one attached hydrogen (secondary N) is 2. The molecule has 0 saturated carbocycles. The van der Waals surface area contributed by atoms with Gasteiger partial charge < -0.3 is 5.32 Å². The maximum atomic E-state index is 13.0. The maximum Gasteiger partial charge on any atom is 0.241 e. The molecular formula is C26H24N2O3S. The van der Waals surface area contributed by atoms with Crippen molar-refractivity contribution in [3.05, 3.63) is 114 Å². The fraction of sp³-hybridized carbons (Fsp3) is 0.115. The zero-order chi connectivity index (χ0) is 22.6. The Morgan fingerprint density at radius 1 is 0.719 bits per heavy atom. The predicted octanol–water partition coefficient (Wildman–Crippen LogP) is 4.41. The van der Waals surface area contributed by atoms with Crippen LogP contribution >= 0.6 is 0 Å². The summed E-state index contributed by atoms with van der Waals surface area (Å²) in [4.78, 5) is 13.1. The zero-order valence-corrected chi connectivity index (χ0v) is 18.4. The fourth-order valence-electron chi connectivity index (χ4n) is 3.61. The third-order valence-corrected chi connectivity index (χ3v) is 6.85. The van der Waals surface area contributed by atoms with E-state index in [9.17, 15) is 13.2 Å². The minimum atomic E-state index is -3.87. The zero-order valence-electron chi connectivity index (χ0n) is 17.6. The molecule has 0 unspecified atom stereocenters. The van der Waals surface area contributed by atoms with Gasteiger partial charge in [0.1, 0.15) is 0 Å². The third kappa shape index (κ3) is 4.88. The van der Waals surface area contributed by atoms with Crippen molar-refractivity contribution in [2.75, 3.05) is 0 Å². The quantitative estimate of drug-likeness (QED) is 0.443. The molecule has 0 aromatic heterocycles. The minimum Gasteiger partial charge on any atom is -0.344 e. The molecule has 6 heteroatoms. The summed E-state index contributed by atoms with van der Waals surface area (Å²) in [6.07, 6.45) is 0. The van der Waals surface area contributed by atoms with Gasteiger partial charge in [0, 0.05) is 0 Å². The molecule has 0 aliphatic rings. The fourth-order valence-corrected chi connectivity index (χ4v) is 4.84. The summed E-state index contributed by atoms with van der Waals surface area (Å²) in [5, 5.41) is 4.76. The number of amides is 1. The maximum absolute atomic E-state index is 13.0. The largest absolute Gasteiger partial charge is 0.344 e. The summed E-state index contributed by atoms with van der Waals surface area (Å²) < 4.78 is 28.4. The molecule has 0 bridgehead atoms. The first-order valence-corrected chi connectivity index (χ1v) is 11.8. The number of fused-ring (bicyclic) bond motifs is 1. The summed E-state index contributed by atoms with van der Waals surface area (Å²) in [6.45, 7) is 1.54. The molecule has 1 amide bonds. The Morgan fingerprint density at radius 3 is 1.84 bits per heavy atom. The number of benzene rings is 4. The molecule has 4 aromatic carbocycles. The number of hydrogen-bond donors (Lipinski definition) is 2. The van der Waals surface area contributed by atoms with Crippen LogP contribution in [0.1, 0.15) is 24.1 Å². The summed E-state index contributed by atoms with van der Waals surface area (Å²) >= 11 is 0. The molecule has 0 spiro atoms. The Morgan fingerprint density at radius 2 is 1.25 bits per heavy atom. The van der Waals surface area contributed by atoms with Gasteiger partial charge >= 0.3 is 0 Å². The second-order valence-corrected chi connectivity index (χ2v) is 9.33. The Hall–Kier alpha value is -3.48. The first kappa shape index (κ1) is 21.7. The van der Waals surface area contributed by atoms with Crippen molar-refractivity contribution in [3.63, 3.8) is 0 Å². The van der Waals surface area contributed by atoms with Crippen LogP contribution in [0.3, 0.4) is 0 Å². The molecule has 4 rings (SSSR count). The molecule has 0 radical (unpaired) electrons. The normalized spacial score (nSPS) is 12.6. The summed E-state index contributed by atoms with van der Waals surface area (Å²) in [6, 6.07) is 30.3. The van der Waals surface area contributed by atoms with E-state index in [-0.39, 0.29) is 4.90 Å². The molecular weight excluding hydrogens is 420 g/mol. The number of sulfonamides is 1. The molecule has 5 nitrogen and oxygen atoms in total. The van der Waals surface area contributed by atoms with E-state index in [0.717, 1.165) is 21.9 Å². The van der Waals surface area contributed by atoms with Gasteiger partial charge in [0.05, 0.1) is 17.0 Å². The predicted molar refractivity (Wildman–Crippen MR) is 127 cm³/mol. The van der Waals surface area contributed by atoms with Crippen LogP contribution in [0.2, 0.25) is 0 Å². The molecule has 32 heavy (non-hydrogen) atoms. The van der Waals surface area contributed by atoms with E-state index in [4.69, 9.17) is 0 Å². The first-order chi connectivity index (χ1) is 15.4. The molecule has 0 saturated heterocycles. The summed E-state index contributed by atoms with van der Waals surface area (Å²) in [5.41, 5.74) is 1.83. The second-order valence-electron chi connectivity index (χ2n) is 7.61. The van der Waals surface area contributed by atoms with Crippen LogP contribution in [0.15, 0.2) is 108 Å². The van der Waals surface area contributed by atoms with Crippen molar-refractivity contribution in [1.82, 2.24) is 10.0 Å². The molecule has 0 fully saturated rings. The highest BCUT2D eigenvalue weighted by molar-refractivity contribution is 7.89. The van der Waals surface area contributed by atoms with Gasteiger partial charge in [-0.05, 0) is 41.0 Å². The van der Waals surface area contributed by atoms with E-state index in [2.05, 4.69) is 10.0 Å². The van der Waals surface area contributed by atoms with Gasteiger partial charge in [-0.1, -0.05) is 91.0 Å².